The van der Waals surface area contributed by atoms with Crippen molar-refractivity contribution in [2.24, 2.45) is 5.73 Å². The van der Waals surface area contributed by atoms with Crippen LogP contribution in [0.3, 0.4) is 0 Å². The summed E-state index contributed by atoms with van der Waals surface area (Å²) in [7, 11) is 0. The molecule has 0 bridgehead atoms. The smallest absolute Gasteiger partial charge is 0.0544 e. The third-order valence-electron chi connectivity index (χ3n) is 3.68. The number of nitrogens with zero attached hydrogens (tertiary/aromatic N) is 2. The van der Waals surface area contributed by atoms with Gasteiger partial charge in [-0.1, -0.05) is 41.1 Å². The van der Waals surface area contributed by atoms with Crippen LogP contribution in [0.25, 0.3) is 0 Å². The second-order valence-corrected chi connectivity index (χ2v) is 6.01. The molecule has 0 aliphatic carbocycles. The van der Waals surface area contributed by atoms with Gasteiger partial charge in [-0.25, -0.2) is 0 Å². The zero-order valence-electron chi connectivity index (χ0n) is 12.6. The Balaban J connectivity index is 2.25. The molecule has 1 heterocycles. The second-order valence-electron chi connectivity index (χ2n) is 5.16. The maximum atomic E-state index is 6.06. The number of benzene rings is 1. The maximum absolute atomic E-state index is 6.06. The molecule has 0 aliphatic rings. The van der Waals surface area contributed by atoms with Crippen LogP contribution in [0.1, 0.15) is 29.8 Å². The van der Waals surface area contributed by atoms with Gasteiger partial charge in [-0.15, -0.1) is 0 Å². The minimum atomic E-state index is 0.187. The fourth-order valence-electron chi connectivity index (χ4n) is 2.52. The lowest BCUT2D eigenvalue weighted by atomic mass is 10.0. The fourth-order valence-corrected chi connectivity index (χ4v) is 3.27. The van der Waals surface area contributed by atoms with Crippen molar-refractivity contribution in [2.75, 3.05) is 13.1 Å². The van der Waals surface area contributed by atoms with E-state index in [0.29, 0.717) is 6.54 Å². The van der Waals surface area contributed by atoms with Gasteiger partial charge < -0.3 is 5.73 Å². The average molecular weight is 348 g/mol. The van der Waals surface area contributed by atoms with E-state index in [9.17, 15) is 0 Å². The molecule has 2 N–H and O–H groups in total. The topological polar surface area (TPSA) is 42.2 Å². The monoisotopic (exact) mass is 347 g/mol. The Morgan fingerprint density at radius 1 is 1.29 bits per heavy atom. The molecule has 2 rings (SSSR count). The quantitative estimate of drug-likeness (QED) is 0.866. The normalized spacial score (nSPS) is 12.6. The van der Waals surface area contributed by atoms with E-state index < -0.39 is 0 Å². The van der Waals surface area contributed by atoms with Crippen LogP contribution < -0.4 is 5.73 Å². The first-order chi connectivity index (χ1) is 10.2. The van der Waals surface area contributed by atoms with Crippen molar-refractivity contribution in [2.45, 2.75) is 26.4 Å². The van der Waals surface area contributed by atoms with E-state index >= 15 is 0 Å². The molecule has 3 nitrogen and oxygen atoms in total. The number of nitrogens with two attached hydrogens (primary N) is 1. The molecule has 0 amide bonds. The third kappa shape index (κ3) is 4.13. The molecule has 0 saturated carbocycles. The summed E-state index contributed by atoms with van der Waals surface area (Å²) in [4.78, 5) is 6.78. The largest absolute Gasteiger partial charge is 0.329 e. The summed E-state index contributed by atoms with van der Waals surface area (Å²) in [6.07, 6.45) is 1.84. The van der Waals surface area contributed by atoms with Crippen LogP contribution in [0.4, 0.5) is 0 Å². The summed E-state index contributed by atoms with van der Waals surface area (Å²) in [6, 6.07) is 12.7. The standard InChI is InChI=1S/C17H22BrN3/c1-3-21(12-14-6-4-5-9-20-14)17(11-19)15-8-7-13(2)10-16(15)18/h4-10,17H,3,11-12,19H2,1-2H3. The highest BCUT2D eigenvalue weighted by atomic mass is 79.9. The molecule has 21 heavy (non-hydrogen) atoms. The first-order valence-corrected chi connectivity index (χ1v) is 8.05. The highest BCUT2D eigenvalue weighted by Crippen LogP contribution is 2.29. The molecule has 1 aromatic heterocycles. The molecule has 112 valence electrons. The van der Waals surface area contributed by atoms with Gasteiger partial charge in [-0.05, 0) is 42.8 Å². The average Bonchev–Trinajstić information content (AvgIpc) is 2.49. The Morgan fingerprint density at radius 3 is 2.67 bits per heavy atom. The second kappa shape index (κ2) is 7.69. The highest BCUT2D eigenvalue weighted by molar-refractivity contribution is 9.10. The first kappa shape index (κ1) is 16.1. The van der Waals surface area contributed by atoms with Crippen molar-refractivity contribution in [3.63, 3.8) is 0 Å². The summed E-state index contributed by atoms with van der Waals surface area (Å²) in [6.45, 7) is 6.58. The van der Waals surface area contributed by atoms with Crippen LogP contribution in [0.15, 0.2) is 47.1 Å². The van der Waals surface area contributed by atoms with Crippen LogP contribution >= 0.6 is 15.9 Å². The van der Waals surface area contributed by atoms with Crippen LogP contribution in [-0.2, 0) is 6.54 Å². The van der Waals surface area contributed by atoms with Crippen molar-refractivity contribution in [3.05, 3.63) is 63.9 Å². The lowest BCUT2D eigenvalue weighted by molar-refractivity contribution is 0.200. The van der Waals surface area contributed by atoms with Gasteiger partial charge in [0.2, 0.25) is 0 Å². The fraction of sp³-hybridized carbons (Fsp3) is 0.353. The lowest BCUT2D eigenvalue weighted by Crippen LogP contribution is -2.33. The van der Waals surface area contributed by atoms with E-state index in [0.717, 1.165) is 23.3 Å². The SMILES string of the molecule is CCN(Cc1ccccn1)C(CN)c1ccc(C)cc1Br. The number of likely N-dealkylation sites (N-methyl/N-ethyl adjacent to an activating group) is 1. The van der Waals surface area contributed by atoms with Gasteiger partial charge in [-0.3, -0.25) is 9.88 Å². The van der Waals surface area contributed by atoms with Gasteiger partial charge in [0.15, 0.2) is 0 Å². The molecule has 1 atom stereocenters. The van der Waals surface area contributed by atoms with Gasteiger partial charge in [-0.2, -0.15) is 0 Å². The Bertz CT molecular complexity index is 572. The van der Waals surface area contributed by atoms with Gasteiger partial charge >= 0.3 is 0 Å². The van der Waals surface area contributed by atoms with Gasteiger partial charge in [0, 0.05) is 29.8 Å². The maximum Gasteiger partial charge on any atom is 0.0544 e. The number of aromatic nitrogens is 1. The summed E-state index contributed by atoms with van der Waals surface area (Å²) in [5.74, 6) is 0. The Labute approximate surface area is 135 Å². The van der Waals surface area contributed by atoms with Crippen LogP contribution in [0.5, 0.6) is 0 Å². The third-order valence-corrected chi connectivity index (χ3v) is 4.36. The minimum Gasteiger partial charge on any atom is -0.329 e. The van der Waals surface area contributed by atoms with Gasteiger partial charge in [0.05, 0.1) is 5.69 Å². The predicted octanol–water partition coefficient (Wildman–Crippen LogP) is 3.67. The van der Waals surface area contributed by atoms with E-state index in [-0.39, 0.29) is 6.04 Å². The molecule has 4 heteroatoms. The van der Waals surface area contributed by atoms with Gasteiger partial charge in [0.25, 0.3) is 0 Å². The number of aryl methyl sites for hydroxylation is 1. The van der Waals surface area contributed by atoms with Crippen molar-refractivity contribution in [3.8, 4) is 0 Å². The van der Waals surface area contributed by atoms with Crippen LogP contribution in [0.2, 0.25) is 0 Å². The molecule has 0 spiro atoms. The molecule has 0 saturated heterocycles. The van der Waals surface area contributed by atoms with E-state index in [1.807, 2.05) is 18.3 Å². The summed E-state index contributed by atoms with van der Waals surface area (Å²) >= 11 is 3.67. The zero-order chi connectivity index (χ0) is 15.2. The predicted molar refractivity (Wildman–Crippen MR) is 91.0 cm³/mol. The summed E-state index contributed by atoms with van der Waals surface area (Å²) in [5.41, 5.74) is 9.61. The van der Waals surface area contributed by atoms with Crippen LogP contribution in [0, 0.1) is 6.92 Å². The number of halogens is 1. The first-order valence-electron chi connectivity index (χ1n) is 7.25. The van der Waals surface area contributed by atoms with Gasteiger partial charge in [0.1, 0.15) is 0 Å². The molecule has 1 aromatic carbocycles. The molecule has 0 radical (unpaired) electrons. The number of hydrogen-bond donors (Lipinski definition) is 1. The number of pyridine rings is 1. The Hall–Kier alpha value is -1.23. The lowest BCUT2D eigenvalue weighted by Gasteiger charge is -2.30. The summed E-state index contributed by atoms with van der Waals surface area (Å²) in [5, 5.41) is 0. The summed E-state index contributed by atoms with van der Waals surface area (Å²) < 4.78 is 1.12. The number of rotatable bonds is 6. The van der Waals surface area contributed by atoms with E-state index in [1.54, 1.807) is 0 Å². The van der Waals surface area contributed by atoms with Crippen molar-refractivity contribution < 1.29 is 0 Å². The molecule has 2 aromatic rings. The Kier molecular flexibility index (Phi) is 5.91. The van der Waals surface area contributed by atoms with E-state index in [2.05, 4.69) is 63.9 Å². The minimum absolute atomic E-state index is 0.187. The van der Waals surface area contributed by atoms with E-state index in [1.165, 1.54) is 11.1 Å². The zero-order valence-corrected chi connectivity index (χ0v) is 14.2. The molecule has 1 unspecified atom stereocenters. The number of hydrogen-bond acceptors (Lipinski definition) is 3. The highest BCUT2D eigenvalue weighted by Gasteiger charge is 2.20. The molecule has 0 fully saturated rings. The Morgan fingerprint density at radius 2 is 2.10 bits per heavy atom. The van der Waals surface area contributed by atoms with E-state index in [4.69, 9.17) is 5.73 Å². The van der Waals surface area contributed by atoms with Crippen molar-refractivity contribution in [1.82, 2.24) is 9.88 Å². The molecule has 0 aliphatic heterocycles. The van der Waals surface area contributed by atoms with Crippen molar-refractivity contribution >= 4 is 15.9 Å². The molecular formula is C17H22BrN3. The molecular weight excluding hydrogens is 326 g/mol. The van der Waals surface area contributed by atoms with Crippen LogP contribution in [-0.4, -0.2) is 23.0 Å². The van der Waals surface area contributed by atoms with Crippen molar-refractivity contribution in [1.29, 1.82) is 0 Å².